The van der Waals surface area contributed by atoms with Gasteiger partial charge in [-0.25, -0.2) is 9.96 Å². The molecule has 0 saturated carbocycles. The van der Waals surface area contributed by atoms with Crippen LogP contribution in [0.2, 0.25) is 0 Å². The van der Waals surface area contributed by atoms with E-state index in [9.17, 15) is 14.4 Å². The van der Waals surface area contributed by atoms with Crippen LogP contribution < -0.4 is 15.3 Å². The van der Waals surface area contributed by atoms with E-state index in [0.717, 1.165) is 23.2 Å². The first-order valence-corrected chi connectivity index (χ1v) is 11.3. The summed E-state index contributed by atoms with van der Waals surface area (Å²) in [5.74, 6) is -1.51. The van der Waals surface area contributed by atoms with Gasteiger partial charge in [-0.15, -0.1) is 0 Å². The minimum absolute atomic E-state index is 0.163. The summed E-state index contributed by atoms with van der Waals surface area (Å²) in [4.78, 5) is 45.9. The molecule has 34 heavy (non-hydrogen) atoms. The second-order valence-electron chi connectivity index (χ2n) is 8.49. The first kappa shape index (κ1) is 21.9. The van der Waals surface area contributed by atoms with Gasteiger partial charge in [0, 0.05) is 12.6 Å². The molecule has 0 aromatic heterocycles. The Labute approximate surface area is 197 Å². The van der Waals surface area contributed by atoms with Crippen molar-refractivity contribution in [2.24, 2.45) is 5.92 Å². The van der Waals surface area contributed by atoms with Gasteiger partial charge in [0.05, 0.1) is 17.4 Å². The smallest absolute Gasteiger partial charge is 0.266 e. The molecule has 3 amide bonds. The average molecular weight is 456 g/mol. The van der Waals surface area contributed by atoms with Crippen molar-refractivity contribution in [3.63, 3.8) is 0 Å². The lowest BCUT2D eigenvalue weighted by molar-refractivity contribution is -0.126. The minimum atomic E-state index is -0.918. The highest BCUT2D eigenvalue weighted by Gasteiger charge is 2.60. The highest BCUT2D eigenvalue weighted by atomic mass is 16.7. The van der Waals surface area contributed by atoms with E-state index in [0.29, 0.717) is 11.4 Å². The third-order valence-corrected chi connectivity index (χ3v) is 6.30. The number of hydroxylamine groups is 1. The van der Waals surface area contributed by atoms with Gasteiger partial charge in [-0.05, 0) is 53.9 Å². The van der Waals surface area contributed by atoms with Gasteiger partial charge in [0.1, 0.15) is 5.92 Å². The Morgan fingerprint density at radius 3 is 2.18 bits per heavy atom. The molecule has 0 radical (unpaired) electrons. The first-order chi connectivity index (χ1) is 16.5. The number of hydrogen-bond acceptors (Lipinski definition) is 5. The van der Waals surface area contributed by atoms with Crippen LogP contribution in [0.5, 0.6) is 0 Å². The highest BCUT2D eigenvalue weighted by Crippen LogP contribution is 2.47. The van der Waals surface area contributed by atoms with Crippen molar-refractivity contribution in [3.8, 4) is 0 Å². The van der Waals surface area contributed by atoms with Crippen LogP contribution in [0.15, 0.2) is 78.9 Å². The summed E-state index contributed by atoms with van der Waals surface area (Å²) in [6.07, 6.45) is -0.0439. The third-order valence-electron chi connectivity index (χ3n) is 6.30. The van der Waals surface area contributed by atoms with E-state index in [4.69, 9.17) is 4.84 Å². The Kier molecular flexibility index (Phi) is 5.63. The second-order valence-corrected chi connectivity index (χ2v) is 8.49. The molecule has 7 heteroatoms. The third kappa shape index (κ3) is 3.74. The summed E-state index contributed by atoms with van der Waals surface area (Å²) < 4.78 is 0. The molecular weight excluding hydrogens is 430 g/mol. The Hall–Kier alpha value is -3.97. The number of benzene rings is 3. The predicted octanol–water partition coefficient (Wildman–Crippen LogP) is 4.26. The molecule has 2 aliphatic heterocycles. The number of fused-ring (bicyclic) bond motifs is 1. The number of para-hydroxylation sites is 1. The van der Waals surface area contributed by atoms with Crippen molar-refractivity contribution in [1.29, 1.82) is 0 Å². The molecule has 2 heterocycles. The van der Waals surface area contributed by atoms with Crippen LogP contribution in [0.1, 0.15) is 31.0 Å². The van der Waals surface area contributed by atoms with Gasteiger partial charge < -0.3 is 5.32 Å². The van der Waals surface area contributed by atoms with Gasteiger partial charge in [0.15, 0.2) is 6.10 Å². The summed E-state index contributed by atoms with van der Waals surface area (Å²) in [7, 11) is 0. The number of rotatable bonds is 5. The zero-order chi connectivity index (χ0) is 23.8. The molecule has 2 fully saturated rings. The fourth-order valence-electron chi connectivity index (χ4n) is 4.65. The van der Waals surface area contributed by atoms with Crippen LogP contribution in [0.3, 0.4) is 0 Å². The molecule has 0 unspecified atom stereocenters. The summed E-state index contributed by atoms with van der Waals surface area (Å²) >= 11 is 0. The molecule has 3 aromatic carbocycles. The van der Waals surface area contributed by atoms with Crippen molar-refractivity contribution >= 4 is 34.8 Å². The van der Waals surface area contributed by atoms with Gasteiger partial charge in [-0.2, -0.15) is 0 Å². The van der Waals surface area contributed by atoms with E-state index in [-0.39, 0.29) is 17.7 Å². The monoisotopic (exact) mass is 455 g/mol. The van der Waals surface area contributed by atoms with E-state index in [1.54, 1.807) is 17.2 Å². The van der Waals surface area contributed by atoms with Crippen molar-refractivity contribution in [3.05, 3.63) is 90.0 Å². The number of imide groups is 1. The van der Waals surface area contributed by atoms with E-state index in [1.807, 2.05) is 66.7 Å². The molecule has 2 saturated heterocycles. The maximum atomic E-state index is 13.7. The quantitative estimate of drug-likeness (QED) is 0.582. The number of nitrogens with zero attached hydrogens (tertiary/aromatic N) is 2. The van der Waals surface area contributed by atoms with Crippen molar-refractivity contribution in [2.45, 2.75) is 32.4 Å². The van der Waals surface area contributed by atoms with Gasteiger partial charge in [0.25, 0.3) is 5.91 Å². The van der Waals surface area contributed by atoms with E-state index in [2.05, 4.69) is 12.2 Å². The van der Waals surface area contributed by atoms with Crippen LogP contribution in [0.4, 0.5) is 17.1 Å². The number of anilines is 3. The highest BCUT2D eigenvalue weighted by molar-refractivity contribution is 6.23. The summed E-state index contributed by atoms with van der Waals surface area (Å²) in [6.45, 7) is 3.50. The van der Waals surface area contributed by atoms with Crippen LogP contribution in [0.25, 0.3) is 0 Å². The van der Waals surface area contributed by atoms with E-state index >= 15 is 0 Å². The molecule has 5 rings (SSSR count). The fourth-order valence-corrected chi connectivity index (χ4v) is 4.65. The largest absolute Gasteiger partial charge is 0.326 e. The van der Waals surface area contributed by atoms with Crippen LogP contribution >= 0.6 is 0 Å². The van der Waals surface area contributed by atoms with E-state index in [1.165, 1.54) is 11.8 Å². The average Bonchev–Trinajstić information content (AvgIpc) is 3.36. The van der Waals surface area contributed by atoms with Gasteiger partial charge in [-0.3, -0.25) is 19.2 Å². The lowest BCUT2D eigenvalue weighted by Crippen LogP contribution is -2.37. The number of nitrogens with one attached hydrogen (secondary N) is 1. The number of carbonyl (C=O) groups is 3. The zero-order valence-electron chi connectivity index (χ0n) is 19.0. The molecule has 0 spiro atoms. The van der Waals surface area contributed by atoms with E-state index < -0.39 is 18.1 Å². The maximum Gasteiger partial charge on any atom is 0.266 e. The number of amides is 3. The van der Waals surface area contributed by atoms with Crippen LogP contribution in [0, 0.1) is 5.92 Å². The molecule has 3 aromatic rings. The van der Waals surface area contributed by atoms with Crippen LogP contribution in [-0.4, -0.2) is 23.8 Å². The molecule has 2 aliphatic rings. The number of carbonyl (C=O) groups excluding carboxylic acids is 3. The SMILES string of the molecule is CCc1ccc(N2C(=O)[C@H]3[C@@H](ON(c4ccccc4)[C@H]3c3ccc(NC(C)=O)cc3)C2=O)cc1. The lowest BCUT2D eigenvalue weighted by Gasteiger charge is -2.29. The van der Waals surface area contributed by atoms with Crippen molar-refractivity contribution < 1.29 is 19.2 Å². The van der Waals surface area contributed by atoms with Crippen molar-refractivity contribution in [2.75, 3.05) is 15.3 Å². The molecule has 1 N–H and O–H groups in total. The topological polar surface area (TPSA) is 79.0 Å². The fraction of sp³-hybridized carbons (Fsp3) is 0.222. The molecule has 7 nitrogen and oxygen atoms in total. The minimum Gasteiger partial charge on any atom is -0.326 e. The predicted molar refractivity (Wildman–Crippen MR) is 129 cm³/mol. The molecule has 3 atom stereocenters. The Balaban J connectivity index is 1.53. The van der Waals surface area contributed by atoms with Crippen molar-refractivity contribution in [1.82, 2.24) is 0 Å². The molecule has 0 bridgehead atoms. The maximum absolute atomic E-state index is 13.7. The second kappa shape index (κ2) is 8.76. The Morgan fingerprint density at radius 1 is 0.882 bits per heavy atom. The molecule has 172 valence electrons. The normalized spacial score (nSPS) is 21.6. The number of hydrogen-bond donors (Lipinski definition) is 1. The van der Waals surface area contributed by atoms with Gasteiger partial charge >= 0.3 is 0 Å². The summed E-state index contributed by atoms with van der Waals surface area (Å²) in [5, 5.41) is 4.42. The number of aryl methyl sites for hydroxylation is 1. The Bertz CT molecular complexity index is 1220. The first-order valence-electron chi connectivity index (χ1n) is 11.3. The van der Waals surface area contributed by atoms with Crippen LogP contribution in [-0.2, 0) is 25.6 Å². The lowest BCUT2D eigenvalue weighted by atomic mass is 9.90. The van der Waals surface area contributed by atoms with Gasteiger partial charge in [0.2, 0.25) is 11.8 Å². The zero-order valence-corrected chi connectivity index (χ0v) is 19.0. The molecule has 0 aliphatic carbocycles. The summed E-state index contributed by atoms with van der Waals surface area (Å²) in [5.41, 5.74) is 3.91. The summed E-state index contributed by atoms with van der Waals surface area (Å²) in [6, 6.07) is 23.7. The molecular formula is C27H25N3O4. The Morgan fingerprint density at radius 2 is 1.56 bits per heavy atom. The standard InChI is InChI=1S/C27H25N3O4/c1-3-18-9-15-21(16-10-18)29-26(32)23-24(19-11-13-20(14-12-19)28-17(2)31)30(34-25(23)27(29)33)22-7-5-4-6-8-22/h4-16,23-25H,3H2,1-2H3,(H,28,31)/t23-,24+,25-/m1/s1. The van der Waals surface area contributed by atoms with Gasteiger partial charge in [-0.1, -0.05) is 49.4 Å².